The highest BCUT2D eigenvalue weighted by Gasteiger charge is 2.30. The lowest BCUT2D eigenvalue weighted by atomic mass is 10.1. The van der Waals surface area contributed by atoms with E-state index in [1.807, 2.05) is 6.92 Å². The SMILES string of the molecule is CCCCCCCCCC[NH+]1N=C(C)N(N)C1C.[Cl-]. The molecular formula is C14H31ClN4. The first-order chi connectivity index (χ1) is 8.66. The van der Waals surface area contributed by atoms with Gasteiger partial charge in [0, 0.05) is 13.8 Å². The number of hydrogen-bond donors (Lipinski definition) is 2. The van der Waals surface area contributed by atoms with Gasteiger partial charge in [-0.1, -0.05) is 50.6 Å². The van der Waals surface area contributed by atoms with Crippen molar-refractivity contribution in [2.24, 2.45) is 10.9 Å². The number of quaternary nitrogens is 1. The summed E-state index contributed by atoms with van der Waals surface area (Å²) in [6, 6.07) is 0. The van der Waals surface area contributed by atoms with Gasteiger partial charge in [-0.25, -0.2) is 10.9 Å². The molecule has 3 N–H and O–H groups in total. The Morgan fingerprint density at radius 2 is 1.63 bits per heavy atom. The number of rotatable bonds is 9. The van der Waals surface area contributed by atoms with E-state index >= 15 is 0 Å². The van der Waals surface area contributed by atoms with Crippen LogP contribution in [0.5, 0.6) is 0 Å². The van der Waals surface area contributed by atoms with E-state index in [9.17, 15) is 0 Å². The minimum absolute atomic E-state index is 0. The monoisotopic (exact) mass is 290 g/mol. The zero-order valence-corrected chi connectivity index (χ0v) is 13.5. The minimum Gasteiger partial charge on any atom is -1.00 e. The summed E-state index contributed by atoms with van der Waals surface area (Å²) < 4.78 is 0. The average molecular weight is 291 g/mol. The predicted octanol–water partition coefficient (Wildman–Crippen LogP) is -1.12. The Kier molecular flexibility index (Phi) is 10.3. The van der Waals surface area contributed by atoms with Gasteiger partial charge in [0.1, 0.15) is 6.54 Å². The maximum absolute atomic E-state index is 5.89. The highest BCUT2D eigenvalue weighted by molar-refractivity contribution is 5.79. The van der Waals surface area contributed by atoms with E-state index in [0.717, 1.165) is 12.4 Å². The molecule has 0 saturated carbocycles. The Bertz CT molecular complexity index is 258. The summed E-state index contributed by atoms with van der Waals surface area (Å²) in [6.07, 6.45) is 11.2. The third kappa shape index (κ3) is 6.59. The number of amidine groups is 1. The number of halogens is 1. The van der Waals surface area contributed by atoms with Crippen LogP contribution in [0.3, 0.4) is 0 Å². The molecule has 4 nitrogen and oxygen atoms in total. The first-order valence-electron chi connectivity index (χ1n) is 7.61. The average Bonchev–Trinajstić information content (AvgIpc) is 2.60. The van der Waals surface area contributed by atoms with Crippen molar-refractivity contribution >= 4 is 5.84 Å². The number of nitrogens with two attached hydrogens (primary N) is 1. The fraction of sp³-hybridized carbons (Fsp3) is 0.929. The number of nitrogens with zero attached hydrogens (tertiary/aromatic N) is 2. The topological polar surface area (TPSA) is 46.1 Å². The Morgan fingerprint density at radius 3 is 2.11 bits per heavy atom. The third-order valence-electron chi connectivity index (χ3n) is 3.87. The summed E-state index contributed by atoms with van der Waals surface area (Å²) in [4.78, 5) is 0. The van der Waals surface area contributed by atoms with Crippen LogP contribution in [0.1, 0.15) is 72.1 Å². The number of hydrogen-bond acceptors (Lipinski definition) is 3. The summed E-state index contributed by atoms with van der Waals surface area (Å²) in [5.41, 5.74) is 0. The van der Waals surface area contributed by atoms with Crippen molar-refractivity contribution in [3.05, 3.63) is 0 Å². The molecule has 19 heavy (non-hydrogen) atoms. The van der Waals surface area contributed by atoms with Crippen LogP contribution in [0.4, 0.5) is 0 Å². The maximum atomic E-state index is 5.89. The van der Waals surface area contributed by atoms with E-state index in [4.69, 9.17) is 5.84 Å². The Balaban J connectivity index is 0.00000324. The van der Waals surface area contributed by atoms with Gasteiger partial charge in [-0.15, -0.1) is 0 Å². The first-order valence-corrected chi connectivity index (χ1v) is 7.61. The molecule has 5 heteroatoms. The number of unbranched alkanes of at least 4 members (excludes halogenated alkanes) is 7. The van der Waals surface area contributed by atoms with Crippen LogP contribution in [0.2, 0.25) is 0 Å². The molecule has 0 aromatic heterocycles. The molecule has 1 heterocycles. The molecule has 0 bridgehead atoms. The van der Waals surface area contributed by atoms with Crippen LogP contribution in [0.25, 0.3) is 0 Å². The van der Waals surface area contributed by atoms with Crippen molar-refractivity contribution in [1.82, 2.24) is 5.01 Å². The lowest BCUT2D eigenvalue weighted by molar-refractivity contribution is -0.932. The normalized spacial score (nSPS) is 22.3. The van der Waals surface area contributed by atoms with Crippen LogP contribution in [0.15, 0.2) is 5.10 Å². The third-order valence-corrected chi connectivity index (χ3v) is 3.87. The second-order valence-electron chi connectivity index (χ2n) is 5.46. The minimum atomic E-state index is 0. The predicted molar refractivity (Wildman–Crippen MR) is 77.0 cm³/mol. The van der Waals surface area contributed by atoms with Crippen LogP contribution in [0, 0.1) is 0 Å². The molecule has 0 saturated heterocycles. The van der Waals surface area contributed by atoms with Gasteiger partial charge >= 0.3 is 0 Å². The molecule has 2 unspecified atom stereocenters. The molecule has 114 valence electrons. The number of nitrogens with one attached hydrogen (secondary N) is 1. The highest BCUT2D eigenvalue weighted by atomic mass is 35.5. The zero-order chi connectivity index (χ0) is 13.4. The van der Waals surface area contributed by atoms with Crippen molar-refractivity contribution in [3.8, 4) is 0 Å². The van der Waals surface area contributed by atoms with Gasteiger partial charge in [-0.3, -0.25) is 0 Å². The molecule has 0 aromatic carbocycles. The standard InChI is InChI=1S/C14H30N4.ClH/c1-4-5-6-7-8-9-10-11-12-17-14(3)18(15)13(2)16-17;/h14H,4-12,15H2,1-3H3;1H. The maximum Gasteiger partial charge on any atom is 0.199 e. The fourth-order valence-corrected chi connectivity index (χ4v) is 2.50. The fourth-order valence-electron chi connectivity index (χ4n) is 2.50. The quantitative estimate of drug-likeness (QED) is 0.418. The van der Waals surface area contributed by atoms with E-state index in [1.54, 1.807) is 5.01 Å². The molecule has 0 fully saturated rings. The lowest BCUT2D eigenvalue weighted by Crippen LogP contribution is -3.11. The summed E-state index contributed by atoms with van der Waals surface area (Å²) in [7, 11) is 0. The Morgan fingerprint density at radius 1 is 1.11 bits per heavy atom. The molecule has 1 aliphatic heterocycles. The molecule has 0 aromatic rings. The molecule has 0 aliphatic carbocycles. The lowest BCUT2D eigenvalue weighted by Gasteiger charge is -2.18. The van der Waals surface area contributed by atoms with Crippen molar-refractivity contribution in [2.45, 2.75) is 78.3 Å². The molecule has 1 rings (SSSR count). The smallest absolute Gasteiger partial charge is 0.199 e. The number of hydrazine groups is 1. The summed E-state index contributed by atoms with van der Waals surface area (Å²) in [6.45, 7) is 7.50. The Hall–Kier alpha value is -0.320. The second-order valence-corrected chi connectivity index (χ2v) is 5.46. The van der Waals surface area contributed by atoms with Gasteiger partial charge in [-0.2, -0.15) is 5.01 Å². The molecule has 2 atom stereocenters. The highest BCUT2D eigenvalue weighted by Crippen LogP contribution is 2.07. The largest absolute Gasteiger partial charge is 1.00 e. The zero-order valence-electron chi connectivity index (χ0n) is 12.8. The van der Waals surface area contributed by atoms with Crippen molar-refractivity contribution in [3.63, 3.8) is 0 Å². The Labute approximate surface area is 124 Å². The summed E-state index contributed by atoms with van der Waals surface area (Å²) >= 11 is 0. The van der Waals surface area contributed by atoms with E-state index in [1.165, 1.54) is 56.4 Å². The van der Waals surface area contributed by atoms with E-state index in [-0.39, 0.29) is 12.4 Å². The molecular weight excluding hydrogens is 260 g/mol. The van der Waals surface area contributed by atoms with Crippen LogP contribution in [-0.4, -0.2) is 23.6 Å². The second kappa shape index (κ2) is 10.5. The summed E-state index contributed by atoms with van der Waals surface area (Å²) in [5.74, 6) is 6.85. The van der Waals surface area contributed by atoms with Crippen molar-refractivity contribution < 1.29 is 17.4 Å². The molecule has 1 aliphatic rings. The van der Waals surface area contributed by atoms with E-state index in [2.05, 4.69) is 18.9 Å². The van der Waals surface area contributed by atoms with Gasteiger partial charge in [0.15, 0.2) is 12.0 Å². The van der Waals surface area contributed by atoms with Crippen LogP contribution < -0.4 is 23.3 Å². The van der Waals surface area contributed by atoms with Crippen LogP contribution in [-0.2, 0) is 0 Å². The van der Waals surface area contributed by atoms with Gasteiger partial charge in [0.25, 0.3) is 0 Å². The van der Waals surface area contributed by atoms with Crippen molar-refractivity contribution in [2.75, 3.05) is 6.54 Å². The molecule has 0 spiro atoms. The molecule has 0 radical (unpaired) electrons. The van der Waals surface area contributed by atoms with Gasteiger partial charge < -0.3 is 12.4 Å². The van der Waals surface area contributed by atoms with Gasteiger partial charge in [0.05, 0.1) is 0 Å². The van der Waals surface area contributed by atoms with E-state index < -0.39 is 0 Å². The molecule has 0 amide bonds. The van der Waals surface area contributed by atoms with Crippen LogP contribution >= 0.6 is 0 Å². The van der Waals surface area contributed by atoms with Gasteiger partial charge in [0.2, 0.25) is 0 Å². The van der Waals surface area contributed by atoms with Gasteiger partial charge in [-0.05, 0) is 12.8 Å². The first kappa shape index (κ1) is 18.7. The van der Waals surface area contributed by atoms with Crippen molar-refractivity contribution in [1.29, 1.82) is 0 Å². The summed E-state index contributed by atoms with van der Waals surface area (Å²) in [5, 5.41) is 7.59. The van der Waals surface area contributed by atoms with E-state index in [0.29, 0.717) is 6.17 Å².